The van der Waals surface area contributed by atoms with Crippen LogP contribution in [-0.2, 0) is 0 Å². The standard InChI is InChI=1S/C8H18N2O2/c1-4-5-6(2)7(11)10-8(12)9-3/h6-7,11H,4-5H2,1-3H3,(H2,9,10,12). The Morgan fingerprint density at radius 2 is 2.17 bits per heavy atom. The van der Waals surface area contributed by atoms with E-state index in [0.29, 0.717) is 0 Å². The molecule has 72 valence electrons. The SMILES string of the molecule is CCCC(C)C(O)NC(=O)NC. The topological polar surface area (TPSA) is 61.4 Å². The van der Waals surface area contributed by atoms with E-state index in [-0.39, 0.29) is 11.9 Å². The minimum absolute atomic E-state index is 0.104. The smallest absolute Gasteiger partial charge is 0.316 e. The molecule has 0 aliphatic rings. The van der Waals surface area contributed by atoms with Gasteiger partial charge in [0.15, 0.2) is 0 Å². The number of rotatable bonds is 4. The average Bonchev–Trinajstić information content (AvgIpc) is 2.04. The molecule has 0 saturated heterocycles. The Labute approximate surface area is 73.3 Å². The predicted octanol–water partition coefficient (Wildman–Crippen LogP) is 0.670. The maximum atomic E-state index is 10.7. The molecular formula is C8H18N2O2. The van der Waals surface area contributed by atoms with Gasteiger partial charge in [0.1, 0.15) is 6.23 Å². The van der Waals surface area contributed by atoms with Crippen LogP contribution in [0, 0.1) is 5.92 Å². The first-order chi connectivity index (χ1) is 5.61. The molecule has 0 saturated carbocycles. The van der Waals surface area contributed by atoms with Crippen molar-refractivity contribution < 1.29 is 9.90 Å². The van der Waals surface area contributed by atoms with Gasteiger partial charge in [0.2, 0.25) is 0 Å². The van der Waals surface area contributed by atoms with Gasteiger partial charge < -0.3 is 15.7 Å². The second-order valence-electron chi connectivity index (χ2n) is 2.93. The van der Waals surface area contributed by atoms with Crippen molar-refractivity contribution in [3.63, 3.8) is 0 Å². The van der Waals surface area contributed by atoms with Gasteiger partial charge in [0, 0.05) is 13.0 Å². The summed E-state index contributed by atoms with van der Waals surface area (Å²) in [5.41, 5.74) is 0. The second-order valence-corrected chi connectivity index (χ2v) is 2.93. The molecule has 0 bridgehead atoms. The van der Waals surface area contributed by atoms with Gasteiger partial charge in [-0.25, -0.2) is 4.79 Å². The van der Waals surface area contributed by atoms with Gasteiger partial charge in [0.05, 0.1) is 0 Å². The van der Waals surface area contributed by atoms with E-state index >= 15 is 0 Å². The van der Waals surface area contributed by atoms with Crippen molar-refractivity contribution in [2.75, 3.05) is 7.05 Å². The lowest BCUT2D eigenvalue weighted by molar-refractivity contribution is 0.0867. The fourth-order valence-corrected chi connectivity index (χ4v) is 0.962. The van der Waals surface area contributed by atoms with Crippen LogP contribution < -0.4 is 10.6 Å². The number of aliphatic hydroxyl groups excluding tert-OH is 1. The normalized spacial score (nSPS) is 15.0. The first-order valence-corrected chi connectivity index (χ1v) is 4.28. The van der Waals surface area contributed by atoms with Gasteiger partial charge in [-0.2, -0.15) is 0 Å². The Balaban J connectivity index is 3.69. The van der Waals surface area contributed by atoms with Gasteiger partial charge >= 0.3 is 6.03 Å². The van der Waals surface area contributed by atoms with Crippen LogP contribution in [0.1, 0.15) is 26.7 Å². The number of carbonyl (C=O) groups excluding carboxylic acids is 1. The van der Waals surface area contributed by atoms with E-state index < -0.39 is 6.23 Å². The number of hydrogen-bond acceptors (Lipinski definition) is 2. The molecule has 0 radical (unpaired) electrons. The first-order valence-electron chi connectivity index (χ1n) is 4.28. The van der Waals surface area contributed by atoms with Crippen molar-refractivity contribution >= 4 is 6.03 Å². The zero-order valence-electron chi connectivity index (χ0n) is 7.92. The van der Waals surface area contributed by atoms with Crippen molar-refractivity contribution in [3.8, 4) is 0 Å². The monoisotopic (exact) mass is 174 g/mol. The maximum absolute atomic E-state index is 10.7. The summed E-state index contributed by atoms with van der Waals surface area (Å²) in [5.74, 6) is 0.104. The van der Waals surface area contributed by atoms with Gasteiger partial charge in [-0.1, -0.05) is 20.3 Å². The fourth-order valence-electron chi connectivity index (χ4n) is 0.962. The number of carbonyl (C=O) groups is 1. The van der Waals surface area contributed by atoms with Crippen molar-refractivity contribution in [2.45, 2.75) is 32.9 Å². The van der Waals surface area contributed by atoms with Crippen molar-refractivity contribution in [2.24, 2.45) is 5.92 Å². The molecule has 0 heterocycles. The van der Waals surface area contributed by atoms with Gasteiger partial charge in [0.25, 0.3) is 0 Å². The predicted molar refractivity (Wildman–Crippen MR) is 47.7 cm³/mol. The molecule has 0 aromatic rings. The van der Waals surface area contributed by atoms with Gasteiger partial charge in [-0.3, -0.25) is 0 Å². The van der Waals surface area contributed by atoms with E-state index in [1.807, 2.05) is 13.8 Å². The van der Waals surface area contributed by atoms with Crippen LogP contribution in [0.4, 0.5) is 4.79 Å². The lowest BCUT2D eigenvalue weighted by atomic mass is 10.0. The summed E-state index contributed by atoms with van der Waals surface area (Å²) >= 11 is 0. The summed E-state index contributed by atoms with van der Waals surface area (Å²) in [6.45, 7) is 3.95. The molecule has 4 nitrogen and oxygen atoms in total. The molecule has 2 unspecified atom stereocenters. The Bertz CT molecular complexity index is 139. The van der Waals surface area contributed by atoms with E-state index in [1.54, 1.807) is 0 Å². The van der Waals surface area contributed by atoms with E-state index in [2.05, 4.69) is 10.6 Å². The van der Waals surface area contributed by atoms with Crippen LogP contribution in [0.2, 0.25) is 0 Å². The third-order valence-electron chi connectivity index (χ3n) is 1.79. The van der Waals surface area contributed by atoms with Crippen LogP contribution in [0.5, 0.6) is 0 Å². The Kier molecular flexibility index (Phi) is 5.45. The summed E-state index contributed by atoms with van der Waals surface area (Å²) in [7, 11) is 1.52. The Morgan fingerprint density at radius 3 is 2.58 bits per heavy atom. The highest BCUT2D eigenvalue weighted by Gasteiger charge is 2.14. The quantitative estimate of drug-likeness (QED) is 0.548. The molecule has 0 spiro atoms. The molecule has 0 aromatic heterocycles. The summed E-state index contributed by atoms with van der Waals surface area (Å²) in [4.78, 5) is 10.7. The number of nitrogens with one attached hydrogen (secondary N) is 2. The third kappa shape index (κ3) is 4.18. The highest BCUT2D eigenvalue weighted by Crippen LogP contribution is 2.07. The lowest BCUT2D eigenvalue weighted by Crippen LogP contribution is -2.43. The maximum Gasteiger partial charge on any atom is 0.316 e. The Hall–Kier alpha value is -0.770. The number of amides is 2. The zero-order valence-corrected chi connectivity index (χ0v) is 7.92. The molecule has 0 fully saturated rings. The second kappa shape index (κ2) is 5.83. The van der Waals surface area contributed by atoms with Crippen molar-refractivity contribution in [1.82, 2.24) is 10.6 Å². The molecule has 4 heteroatoms. The fraction of sp³-hybridized carbons (Fsp3) is 0.875. The van der Waals surface area contributed by atoms with Gasteiger partial charge in [-0.05, 0) is 6.42 Å². The lowest BCUT2D eigenvalue weighted by Gasteiger charge is -2.18. The number of aliphatic hydroxyl groups is 1. The van der Waals surface area contributed by atoms with Crippen LogP contribution in [0.3, 0.4) is 0 Å². The summed E-state index contributed by atoms with van der Waals surface area (Å²) in [6.07, 6.45) is 1.17. The minimum Gasteiger partial charge on any atom is -0.373 e. The van der Waals surface area contributed by atoms with Crippen LogP contribution >= 0.6 is 0 Å². The highest BCUT2D eigenvalue weighted by atomic mass is 16.3. The van der Waals surface area contributed by atoms with E-state index in [4.69, 9.17) is 0 Å². The van der Waals surface area contributed by atoms with Crippen molar-refractivity contribution in [1.29, 1.82) is 0 Å². The molecule has 0 aliphatic carbocycles. The van der Waals surface area contributed by atoms with E-state index in [0.717, 1.165) is 12.8 Å². The summed E-state index contributed by atoms with van der Waals surface area (Å²) in [5, 5.41) is 14.2. The first kappa shape index (κ1) is 11.2. The van der Waals surface area contributed by atoms with Crippen LogP contribution in [-0.4, -0.2) is 24.4 Å². The third-order valence-corrected chi connectivity index (χ3v) is 1.79. The largest absolute Gasteiger partial charge is 0.373 e. The van der Waals surface area contributed by atoms with Crippen LogP contribution in [0.15, 0.2) is 0 Å². The van der Waals surface area contributed by atoms with Gasteiger partial charge in [-0.15, -0.1) is 0 Å². The Morgan fingerprint density at radius 1 is 1.58 bits per heavy atom. The van der Waals surface area contributed by atoms with Crippen LogP contribution in [0.25, 0.3) is 0 Å². The molecule has 2 atom stereocenters. The molecule has 0 rings (SSSR count). The molecule has 3 N–H and O–H groups in total. The molecule has 0 aliphatic heterocycles. The average molecular weight is 174 g/mol. The van der Waals surface area contributed by atoms with Crippen molar-refractivity contribution in [3.05, 3.63) is 0 Å². The molecule has 12 heavy (non-hydrogen) atoms. The highest BCUT2D eigenvalue weighted by molar-refractivity contribution is 5.73. The number of hydrogen-bond donors (Lipinski definition) is 3. The number of urea groups is 1. The molecule has 2 amide bonds. The molecule has 0 aromatic carbocycles. The zero-order chi connectivity index (χ0) is 9.56. The van der Waals surface area contributed by atoms with E-state index in [9.17, 15) is 9.90 Å². The molecular weight excluding hydrogens is 156 g/mol. The summed E-state index contributed by atoms with van der Waals surface area (Å²) in [6, 6.07) is -0.342. The van der Waals surface area contributed by atoms with E-state index in [1.165, 1.54) is 7.05 Å². The minimum atomic E-state index is -0.745. The summed E-state index contributed by atoms with van der Waals surface area (Å²) < 4.78 is 0.